The van der Waals surface area contributed by atoms with E-state index in [1.165, 1.54) is 128 Å². The molecule has 0 N–H and O–H groups in total. The molecule has 0 fully saturated rings. The highest BCUT2D eigenvalue weighted by molar-refractivity contribution is 5.69. The zero-order valence-corrected chi connectivity index (χ0v) is 23.3. The average Bonchev–Trinajstić information content (AvgIpc) is 2.84. The summed E-state index contributed by atoms with van der Waals surface area (Å²) in [6.45, 7) is 5.13. The van der Waals surface area contributed by atoms with Gasteiger partial charge in [0.15, 0.2) is 0 Å². The molecule has 0 aliphatic rings. The zero-order chi connectivity index (χ0) is 24.8. The topological polar surface area (TPSA) is 26.3 Å². The summed E-state index contributed by atoms with van der Waals surface area (Å²) < 4.78 is 5.40. The Morgan fingerprint density at radius 1 is 0.471 bits per heavy atom. The molecule has 0 bridgehead atoms. The summed E-state index contributed by atoms with van der Waals surface area (Å²) in [4.78, 5) is 11.8. The van der Waals surface area contributed by atoms with Crippen molar-refractivity contribution < 1.29 is 9.53 Å². The van der Waals surface area contributed by atoms with Crippen molar-refractivity contribution in [2.75, 3.05) is 6.61 Å². The van der Waals surface area contributed by atoms with Crippen LogP contribution in [0.15, 0.2) is 24.3 Å². The van der Waals surface area contributed by atoms with Crippen LogP contribution in [0.3, 0.4) is 0 Å². The molecular weight excluding hydrogens is 416 g/mol. The van der Waals surface area contributed by atoms with Crippen LogP contribution in [0.4, 0.5) is 0 Å². The van der Waals surface area contributed by atoms with E-state index in [4.69, 9.17) is 4.74 Å². The summed E-state index contributed by atoms with van der Waals surface area (Å²) in [6, 6.07) is 0. The molecule has 2 nitrogen and oxygen atoms in total. The van der Waals surface area contributed by atoms with Crippen LogP contribution in [-0.2, 0) is 9.53 Å². The Hall–Kier alpha value is -1.05. The highest BCUT2D eigenvalue weighted by Crippen LogP contribution is 2.11. The van der Waals surface area contributed by atoms with Crippen molar-refractivity contribution in [1.29, 1.82) is 0 Å². The quantitative estimate of drug-likeness (QED) is 0.0669. The SMILES string of the molecule is CCCC/C=C\CCCCCCCCOC(=O)CCCCCCC/C=C\CCCCCCCC. The smallest absolute Gasteiger partial charge is 0.305 e. The molecule has 0 aromatic heterocycles. The van der Waals surface area contributed by atoms with E-state index in [0.29, 0.717) is 13.0 Å². The number of carbonyl (C=O) groups excluding carboxylic acids is 1. The molecule has 0 aromatic carbocycles. The molecule has 0 saturated carbocycles. The van der Waals surface area contributed by atoms with Gasteiger partial charge in [-0.05, 0) is 57.8 Å². The molecule has 0 atom stereocenters. The van der Waals surface area contributed by atoms with Crippen molar-refractivity contribution in [3.8, 4) is 0 Å². The van der Waals surface area contributed by atoms with Crippen LogP contribution in [0, 0.1) is 0 Å². The molecule has 0 heterocycles. The lowest BCUT2D eigenvalue weighted by Gasteiger charge is -2.05. The first kappa shape index (κ1) is 33.0. The molecule has 0 amide bonds. The normalized spacial score (nSPS) is 11.7. The highest BCUT2D eigenvalue weighted by atomic mass is 16.5. The molecule has 0 spiro atoms. The second-order valence-electron chi connectivity index (χ2n) is 10.1. The lowest BCUT2D eigenvalue weighted by Crippen LogP contribution is -2.05. The molecule has 0 rings (SSSR count). The van der Waals surface area contributed by atoms with Crippen LogP contribution >= 0.6 is 0 Å². The van der Waals surface area contributed by atoms with Gasteiger partial charge in [0.05, 0.1) is 6.61 Å². The van der Waals surface area contributed by atoms with Gasteiger partial charge in [-0.2, -0.15) is 0 Å². The van der Waals surface area contributed by atoms with Gasteiger partial charge in [0.25, 0.3) is 0 Å². The van der Waals surface area contributed by atoms with Gasteiger partial charge >= 0.3 is 5.97 Å². The Kier molecular flexibility index (Phi) is 29.1. The number of esters is 1. The summed E-state index contributed by atoms with van der Waals surface area (Å²) in [5, 5.41) is 0. The minimum Gasteiger partial charge on any atom is -0.466 e. The Balaban J connectivity index is 3.23. The van der Waals surface area contributed by atoms with Crippen molar-refractivity contribution >= 4 is 5.97 Å². The van der Waals surface area contributed by atoms with Gasteiger partial charge in [0.1, 0.15) is 0 Å². The Morgan fingerprint density at radius 2 is 0.853 bits per heavy atom. The van der Waals surface area contributed by atoms with Gasteiger partial charge in [-0.1, -0.05) is 128 Å². The van der Waals surface area contributed by atoms with Gasteiger partial charge in [0.2, 0.25) is 0 Å². The zero-order valence-electron chi connectivity index (χ0n) is 23.3. The first-order chi connectivity index (χ1) is 16.8. The largest absolute Gasteiger partial charge is 0.466 e. The van der Waals surface area contributed by atoms with Gasteiger partial charge < -0.3 is 4.74 Å². The molecule has 34 heavy (non-hydrogen) atoms. The number of hydrogen-bond donors (Lipinski definition) is 0. The number of rotatable bonds is 27. The lowest BCUT2D eigenvalue weighted by molar-refractivity contribution is -0.143. The Labute approximate surface area is 214 Å². The van der Waals surface area contributed by atoms with Crippen molar-refractivity contribution in [2.45, 2.75) is 168 Å². The lowest BCUT2D eigenvalue weighted by atomic mass is 10.1. The van der Waals surface area contributed by atoms with Crippen LogP contribution in [0.1, 0.15) is 168 Å². The summed E-state index contributed by atoms with van der Waals surface area (Å²) in [6.07, 6.45) is 39.3. The average molecular weight is 477 g/mol. The predicted molar refractivity (Wildman–Crippen MR) is 151 cm³/mol. The van der Waals surface area contributed by atoms with Crippen LogP contribution in [0.5, 0.6) is 0 Å². The summed E-state index contributed by atoms with van der Waals surface area (Å²) >= 11 is 0. The minimum absolute atomic E-state index is 0.00693. The number of allylic oxidation sites excluding steroid dienone is 4. The Bertz CT molecular complexity index is 452. The van der Waals surface area contributed by atoms with E-state index >= 15 is 0 Å². The van der Waals surface area contributed by atoms with Gasteiger partial charge in [-0.25, -0.2) is 0 Å². The first-order valence-electron chi connectivity index (χ1n) is 15.3. The van der Waals surface area contributed by atoms with E-state index in [1.54, 1.807) is 0 Å². The third-order valence-electron chi connectivity index (χ3n) is 6.56. The number of carbonyl (C=O) groups is 1. The molecular formula is C32H60O2. The standard InChI is InChI=1S/C32H60O2/c1-3-5-7-9-11-13-15-17-18-19-20-22-24-26-28-30-32(33)34-31-29-27-25-23-21-16-14-12-10-8-6-4-2/h10,12,17-18H,3-9,11,13-16,19-31H2,1-2H3/b12-10-,18-17-. The molecule has 200 valence electrons. The van der Waals surface area contributed by atoms with Crippen LogP contribution in [0.2, 0.25) is 0 Å². The van der Waals surface area contributed by atoms with Gasteiger partial charge in [-0.15, -0.1) is 0 Å². The molecule has 0 aromatic rings. The molecule has 0 saturated heterocycles. The summed E-state index contributed by atoms with van der Waals surface area (Å²) in [7, 11) is 0. The number of unbranched alkanes of at least 4 members (excludes halogenated alkanes) is 19. The maximum atomic E-state index is 11.8. The van der Waals surface area contributed by atoms with Crippen molar-refractivity contribution in [3.63, 3.8) is 0 Å². The van der Waals surface area contributed by atoms with E-state index in [0.717, 1.165) is 19.3 Å². The van der Waals surface area contributed by atoms with Crippen LogP contribution in [-0.4, -0.2) is 12.6 Å². The fourth-order valence-corrected chi connectivity index (χ4v) is 4.23. The molecule has 0 aliphatic carbocycles. The van der Waals surface area contributed by atoms with Crippen LogP contribution in [0.25, 0.3) is 0 Å². The third-order valence-corrected chi connectivity index (χ3v) is 6.56. The fraction of sp³-hybridized carbons (Fsp3) is 0.844. The molecule has 0 radical (unpaired) electrons. The monoisotopic (exact) mass is 476 g/mol. The second-order valence-corrected chi connectivity index (χ2v) is 10.1. The van der Waals surface area contributed by atoms with E-state index < -0.39 is 0 Å². The maximum absolute atomic E-state index is 11.8. The highest BCUT2D eigenvalue weighted by Gasteiger charge is 2.02. The third kappa shape index (κ3) is 29.0. The minimum atomic E-state index is 0.00693. The summed E-state index contributed by atoms with van der Waals surface area (Å²) in [5.74, 6) is 0.00693. The van der Waals surface area contributed by atoms with Crippen molar-refractivity contribution in [2.24, 2.45) is 0 Å². The van der Waals surface area contributed by atoms with Crippen molar-refractivity contribution in [1.82, 2.24) is 0 Å². The van der Waals surface area contributed by atoms with E-state index in [-0.39, 0.29) is 5.97 Å². The van der Waals surface area contributed by atoms with E-state index in [1.807, 2.05) is 0 Å². The number of ether oxygens (including phenoxy) is 1. The molecule has 2 heteroatoms. The van der Waals surface area contributed by atoms with Crippen molar-refractivity contribution in [3.05, 3.63) is 24.3 Å². The van der Waals surface area contributed by atoms with E-state index in [2.05, 4.69) is 38.2 Å². The summed E-state index contributed by atoms with van der Waals surface area (Å²) in [5.41, 5.74) is 0. The van der Waals surface area contributed by atoms with E-state index in [9.17, 15) is 4.79 Å². The molecule has 0 unspecified atom stereocenters. The van der Waals surface area contributed by atoms with Gasteiger partial charge in [0, 0.05) is 6.42 Å². The second kappa shape index (κ2) is 30.0. The fourth-order valence-electron chi connectivity index (χ4n) is 4.23. The predicted octanol–water partition coefficient (Wildman–Crippen LogP) is 11.0. The van der Waals surface area contributed by atoms with Gasteiger partial charge in [-0.3, -0.25) is 4.79 Å². The van der Waals surface area contributed by atoms with Crippen LogP contribution < -0.4 is 0 Å². The first-order valence-corrected chi connectivity index (χ1v) is 15.3. The molecule has 0 aliphatic heterocycles. The Morgan fingerprint density at radius 3 is 1.35 bits per heavy atom. The maximum Gasteiger partial charge on any atom is 0.305 e. The number of hydrogen-bond acceptors (Lipinski definition) is 2.